The molecule has 0 spiro atoms. The standard InChI is InChI=1S/C11H22N4/c1-4-14(2)10-9-12-7-5-11-6-8-13-15(11)3/h6,8,12H,4-5,7,9-10H2,1-3H3. The summed E-state index contributed by atoms with van der Waals surface area (Å²) >= 11 is 0. The first-order valence-corrected chi connectivity index (χ1v) is 5.60. The van der Waals surface area contributed by atoms with E-state index in [1.165, 1.54) is 5.69 Å². The summed E-state index contributed by atoms with van der Waals surface area (Å²) in [4.78, 5) is 2.30. The van der Waals surface area contributed by atoms with Gasteiger partial charge in [0.1, 0.15) is 0 Å². The van der Waals surface area contributed by atoms with E-state index in [0.29, 0.717) is 0 Å². The normalized spacial score (nSPS) is 11.2. The Balaban J connectivity index is 2.05. The fraction of sp³-hybridized carbons (Fsp3) is 0.727. The quantitative estimate of drug-likeness (QED) is 0.665. The van der Waals surface area contributed by atoms with E-state index in [1.807, 2.05) is 17.9 Å². The number of hydrogen-bond acceptors (Lipinski definition) is 3. The van der Waals surface area contributed by atoms with Crippen LogP contribution >= 0.6 is 0 Å². The zero-order chi connectivity index (χ0) is 11.1. The number of rotatable bonds is 7. The van der Waals surface area contributed by atoms with Gasteiger partial charge in [-0.1, -0.05) is 6.92 Å². The molecule has 86 valence electrons. The maximum atomic E-state index is 4.14. The van der Waals surface area contributed by atoms with Crippen LogP contribution in [0.25, 0.3) is 0 Å². The second-order valence-corrected chi connectivity index (χ2v) is 3.84. The van der Waals surface area contributed by atoms with Crippen molar-refractivity contribution in [2.45, 2.75) is 13.3 Å². The van der Waals surface area contributed by atoms with Gasteiger partial charge in [0.25, 0.3) is 0 Å². The molecular formula is C11H22N4. The predicted octanol–water partition coefficient (Wildman–Crippen LogP) is 0.504. The SMILES string of the molecule is CCN(C)CCNCCc1ccnn1C. The van der Waals surface area contributed by atoms with Gasteiger partial charge in [0.2, 0.25) is 0 Å². The molecule has 1 N–H and O–H groups in total. The summed E-state index contributed by atoms with van der Waals surface area (Å²) in [6.07, 6.45) is 2.90. The highest BCUT2D eigenvalue weighted by atomic mass is 15.3. The molecule has 1 rings (SSSR count). The van der Waals surface area contributed by atoms with Crippen LogP contribution in [0.1, 0.15) is 12.6 Å². The number of aromatic nitrogens is 2. The molecule has 0 radical (unpaired) electrons. The van der Waals surface area contributed by atoms with Crippen LogP contribution < -0.4 is 5.32 Å². The molecule has 0 atom stereocenters. The molecule has 15 heavy (non-hydrogen) atoms. The minimum atomic E-state index is 1.02. The first-order valence-electron chi connectivity index (χ1n) is 5.60. The average molecular weight is 210 g/mol. The lowest BCUT2D eigenvalue weighted by Crippen LogP contribution is -2.30. The third kappa shape index (κ3) is 4.44. The fourth-order valence-corrected chi connectivity index (χ4v) is 1.42. The van der Waals surface area contributed by atoms with E-state index in [4.69, 9.17) is 0 Å². The van der Waals surface area contributed by atoms with Crippen molar-refractivity contribution in [1.82, 2.24) is 20.0 Å². The molecule has 0 aliphatic rings. The predicted molar refractivity (Wildman–Crippen MR) is 63.0 cm³/mol. The van der Waals surface area contributed by atoms with E-state index in [9.17, 15) is 0 Å². The van der Waals surface area contributed by atoms with Gasteiger partial charge in [0.15, 0.2) is 0 Å². The lowest BCUT2D eigenvalue weighted by atomic mass is 10.3. The molecule has 1 heterocycles. The Labute approximate surface area is 92.3 Å². The Kier molecular flexibility index (Phi) is 5.36. The monoisotopic (exact) mass is 210 g/mol. The Hall–Kier alpha value is -0.870. The van der Waals surface area contributed by atoms with Gasteiger partial charge in [-0.15, -0.1) is 0 Å². The molecule has 4 nitrogen and oxygen atoms in total. The summed E-state index contributed by atoms with van der Waals surface area (Å²) < 4.78 is 1.93. The molecule has 0 bridgehead atoms. The molecule has 4 heteroatoms. The van der Waals surface area contributed by atoms with Crippen molar-refractivity contribution in [3.05, 3.63) is 18.0 Å². The van der Waals surface area contributed by atoms with E-state index < -0.39 is 0 Å². The lowest BCUT2D eigenvalue weighted by molar-refractivity contribution is 0.349. The first-order chi connectivity index (χ1) is 7.24. The van der Waals surface area contributed by atoms with E-state index >= 15 is 0 Å². The Morgan fingerprint density at radius 2 is 2.27 bits per heavy atom. The molecule has 0 saturated carbocycles. The van der Waals surface area contributed by atoms with Crippen molar-refractivity contribution in [3.8, 4) is 0 Å². The average Bonchev–Trinajstić information content (AvgIpc) is 2.63. The van der Waals surface area contributed by atoms with Crippen LogP contribution in [0.5, 0.6) is 0 Å². The summed E-state index contributed by atoms with van der Waals surface area (Å²) in [7, 11) is 4.13. The van der Waals surface area contributed by atoms with Crippen LogP contribution in [0, 0.1) is 0 Å². The highest BCUT2D eigenvalue weighted by molar-refractivity contribution is 5.00. The van der Waals surface area contributed by atoms with Gasteiger partial charge in [-0.25, -0.2) is 0 Å². The molecule has 0 saturated heterocycles. The lowest BCUT2D eigenvalue weighted by Gasteiger charge is -2.13. The number of aryl methyl sites for hydroxylation is 1. The van der Waals surface area contributed by atoms with Gasteiger partial charge in [0, 0.05) is 45.0 Å². The van der Waals surface area contributed by atoms with E-state index in [0.717, 1.165) is 32.6 Å². The van der Waals surface area contributed by atoms with Crippen LogP contribution in [-0.2, 0) is 13.5 Å². The van der Waals surface area contributed by atoms with Crippen molar-refractivity contribution >= 4 is 0 Å². The molecule has 0 aromatic carbocycles. The maximum absolute atomic E-state index is 4.14. The Morgan fingerprint density at radius 3 is 2.87 bits per heavy atom. The molecule has 0 aliphatic heterocycles. The maximum Gasteiger partial charge on any atom is 0.0492 e. The Bertz CT molecular complexity index is 269. The molecule has 0 aliphatic carbocycles. The van der Waals surface area contributed by atoms with Crippen LogP contribution in [0.2, 0.25) is 0 Å². The van der Waals surface area contributed by atoms with E-state index in [1.54, 1.807) is 0 Å². The number of nitrogens with one attached hydrogen (secondary N) is 1. The number of hydrogen-bond donors (Lipinski definition) is 1. The highest BCUT2D eigenvalue weighted by Crippen LogP contribution is 1.95. The van der Waals surface area contributed by atoms with Gasteiger partial charge in [-0.3, -0.25) is 4.68 Å². The van der Waals surface area contributed by atoms with E-state index in [2.05, 4.69) is 35.4 Å². The molecule has 1 aromatic rings. The summed E-state index contributed by atoms with van der Waals surface area (Å²) in [6, 6.07) is 2.07. The fourth-order valence-electron chi connectivity index (χ4n) is 1.42. The van der Waals surface area contributed by atoms with Crippen molar-refractivity contribution < 1.29 is 0 Å². The Morgan fingerprint density at radius 1 is 1.47 bits per heavy atom. The second kappa shape index (κ2) is 6.58. The summed E-state index contributed by atoms with van der Waals surface area (Å²) in [5, 5.41) is 7.57. The third-order valence-corrected chi connectivity index (χ3v) is 2.69. The zero-order valence-corrected chi connectivity index (χ0v) is 10.0. The van der Waals surface area contributed by atoms with Gasteiger partial charge in [-0.05, 0) is 19.7 Å². The smallest absolute Gasteiger partial charge is 0.0492 e. The van der Waals surface area contributed by atoms with Crippen molar-refractivity contribution in [2.24, 2.45) is 7.05 Å². The minimum absolute atomic E-state index is 1.02. The van der Waals surface area contributed by atoms with E-state index in [-0.39, 0.29) is 0 Å². The number of nitrogens with zero attached hydrogens (tertiary/aromatic N) is 3. The molecule has 0 unspecified atom stereocenters. The third-order valence-electron chi connectivity index (χ3n) is 2.69. The molecule has 0 amide bonds. The first kappa shape index (κ1) is 12.2. The molecule has 1 aromatic heterocycles. The van der Waals surface area contributed by atoms with Crippen molar-refractivity contribution in [2.75, 3.05) is 33.2 Å². The minimum Gasteiger partial charge on any atom is -0.315 e. The van der Waals surface area contributed by atoms with Crippen LogP contribution in [-0.4, -0.2) is 47.9 Å². The van der Waals surface area contributed by atoms with Crippen LogP contribution in [0.15, 0.2) is 12.3 Å². The largest absolute Gasteiger partial charge is 0.315 e. The van der Waals surface area contributed by atoms with Crippen molar-refractivity contribution in [3.63, 3.8) is 0 Å². The van der Waals surface area contributed by atoms with Gasteiger partial charge < -0.3 is 10.2 Å². The molecular weight excluding hydrogens is 188 g/mol. The van der Waals surface area contributed by atoms with Crippen LogP contribution in [0.4, 0.5) is 0 Å². The summed E-state index contributed by atoms with van der Waals surface area (Å²) in [6.45, 7) is 6.49. The second-order valence-electron chi connectivity index (χ2n) is 3.84. The zero-order valence-electron chi connectivity index (χ0n) is 10.0. The topological polar surface area (TPSA) is 33.1 Å². The van der Waals surface area contributed by atoms with Gasteiger partial charge >= 0.3 is 0 Å². The van der Waals surface area contributed by atoms with Crippen molar-refractivity contribution in [1.29, 1.82) is 0 Å². The van der Waals surface area contributed by atoms with Gasteiger partial charge in [-0.2, -0.15) is 5.10 Å². The number of likely N-dealkylation sites (N-methyl/N-ethyl adjacent to an activating group) is 1. The van der Waals surface area contributed by atoms with Gasteiger partial charge in [0.05, 0.1) is 0 Å². The molecule has 0 fully saturated rings. The van der Waals surface area contributed by atoms with Crippen LogP contribution in [0.3, 0.4) is 0 Å². The summed E-state index contributed by atoms with van der Waals surface area (Å²) in [5.74, 6) is 0. The highest BCUT2D eigenvalue weighted by Gasteiger charge is 1.98. The summed E-state index contributed by atoms with van der Waals surface area (Å²) in [5.41, 5.74) is 1.28.